The molecule has 0 aliphatic carbocycles. The maximum Gasteiger partial charge on any atom is 0.338 e. The molecule has 1 N–H and O–H groups in total. The molecule has 0 spiro atoms. The lowest BCUT2D eigenvalue weighted by molar-refractivity contribution is 0.0596. The van der Waals surface area contributed by atoms with Crippen LogP contribution in [0.5, 0.6) is 0 Å². The molecule has 0 atom stereocenters. The third-order valence-electron chi connectivity index (χ3n) is 1.97. The maximum absolute atomic E-state index is 11.3. The van der Waals surface area contributed by atoms with E-state index in [2.05, 4.69) is 17.4 Å². The van der Waals surface area contributed by atoms with Gasteiger partial charge >= 0.3 is 5.97 Å². The number of aliphatic hydroxyl groups is 1. The van der Waals surface area contributed by atoms with Crippen molar-refractivity contribution in [2.45, 2.75) is 11.5 Å². The number of hydrogen-bond acceptors (Lipinski definition) is 5. The van der Waals surface area contributed by atoms with E-state index in [1.165, 1.54) is 19.2 Å². The zero-order chi connectivity index (χ0) is 11.4. The summed E-state index contributed by atoms with van der Waals surface area (Å²) in [7, 11) is 1.25. The summed E-state index contributed by atoms with van der Waals surface area (Å²) in [6.07, 6.45) is 0. The number of ether oxygens (including phenoxy) is 1. The number of nitriles is 1. The third kappa shape index (κ3) is 2.12. The Hall–Kier alpha value is -1.51. The van der Waals surface area contributed by atoms with Crippen LogP contribution in [0.4, 0.5) is 0 Å². The Labute approximate surface area is 92.5 Å². The van der Waals surface area contributed by atoms with Crippen LogP contribution >= 0.6 is 12.6 Å². The normalized spacial score (nSPS) is 9.47. The number of benzene rings is 1. The summed E-state index contributed by atoms with van der Waals surface area (Å²) >= 11 is 4.08. The van der Waals surface area contributed by atoms with Gasteiger partial charge in [-0.1, -0.05) is 0 Å². The van der Waals surface area contributed by atoms with Crippen LogP contribution in [0.3, 0.4) is 0 Å². The van der Waals surface area contributed by atoms with Gasteiger partial charge in [0.05, 0.1) is 24.8 Å². The Balaban J connectivity index is 3.39. The fourth-order valence-electron chi connectivity index (χ4n) is 1.19. The molecule has 0 aromatic heterocycles. The highest BCUT2D eigenvalue weighted by atomic mass is 32.1. The molecule has 0 fully saturated rings. The molecule has 1 aromatic rings. The number of nitrogens with zero attached hydrogens (tertiary/aromatic N) is 1. The molecule has 1 rings (SSSR count). The minimum atomic E-state index is -0.557. The lowest BCUT2D eigenvalue weighted by Gasteiger charge is -2.08. The van der Waals surface area contributed by atoms with Gasteiger partial charge in [-0.15, -0.1) is 12.6 Å². The largest absolute Gasteiger partial charge is 0.465 e. The molecule has 0 saturated carbocycles. The van der Waals surface area contributed by atoms with E-state index in [0.717, 1.165) is 0 Å². The molecule has 0 bridgehead atoms. The van der Waals surface area contributed by atoms with Crippen LogP contribution in [0, 0.1) is 11.3 Å². The van der Waals surface area contributed by atoms with E-state index < -0.39 is 5.97 Å². The quantitative estimate of drug-likeness (QED) is 0.582. The first kappa shape index (κ1) is 11.6. The number of carbonyl (C=O) groups is 1. The van der Waals surface area contributed by atoms with Crippen molar-refractivity contribution < 1.29 is 14.6 Å². The summed E-state index contributed by atoms with van der Waals surface area (Å²) in [5.74, 6) is -0.557. The Morgan fingerprint density at radius 3 is 2.80 bits per heavy atom. The van der Waals surface area contributed by atoms with Crippen molar-refractivity contribution in [1.82, 2.24) is 0 Å². The Morgan fingerprint density at radius 1 is 1.67 bits per heavy atom. The van der Waals surface area contributed by atoms with Gasteiger partial charge in [0.2, 0.25) is 0 Å². The van der Waals surface area contributed by atoms with E-state index in [-0.39, 0.29) is 12.2 Å². The van der Waals surface area contributed by atoms with Crippen LogP contribution in [-0.2, 0) is 11.3 Å². The highest BCUT2D eigenvalue weighted by Crippen LogP contribution is 2.23. The first-order chi connectivity index (χ1) is 7.15. The minimum Gasteiger partial charge on any atom is -0.465 e. The minimum absolute atomic E-state index is 0.226. The predicted molar refractivity (Wildman–Crippen MR) is 55.7 cm³/mol. The van der Waals surface area contributed by atoms with E-state index in [9.17, 15) is 4.79 Å². The summed E-state index contributed by atoms with van der Waals surface area (Å²) in [5, 5.41) is 17.8. The number of thiol groups is 1. The molecule has 1 aromatic carbocycles. The zero-order valence-electron chi connectivity index (χ0n) is 8.02. The first-order valence-corrected chi connectivity index (χ1v) is 4.54. The van der Waals surface area contributed by atoms with Crippen molar-refractivity contribution >= 4 is 18.6 Å². The number of carbonyl (C=O) groups excluding carboxylic acids is 1. The molecule has 0 aliphatic heterocycles. The van der Waals surface area contributed by atoms with E-state index >= 15 is 0 Å². The van der Waals surface area contributed by atoms with Crippen LogP contribution in [0.2, 0.25) is 0 Å². The van der Waals surface area contributed by atoms with Crippen LogP contribution in [0.1, 0.15) is 21.5 Å². The summed E-state index contributed by atoms with van der Waals surface area (Å²) < 4.78 is 4.54. The van der Waals surface area contributed by atoms with Crippen LogP contribution < -0.4 is 0 Å². The SMILES string of the molecule is COC(=O)c1ccc(C#N)c(S)c1CO. The molecule has 15 heavy (non-hydrogen) atoms. The zero-order valence-corrected chi connectivity index (χ0v) is 8.91. The molecule has 0 heterocycles. The second kappa shape index (κ2) is 4.82. The van der Waals surface area contributed by atoms with Crippen molar-refractivity contribution in [1.29, 1.82) is 5.26 Å². The Kier molecular flexibility index (Phi) is 3.72. The Bertz CT molecular complexity index is 437. The standard InChI is InChI=1S/C10H9NO3S/c1-14-10(13)7-3-2-6(4-11)9(15)8(7)5-12/h2-3,12,15H,5H2,1H3. The molecule has 0 amide bonds. The lowest BCUT2D eigenvalue weighted by atomic mass is 10.0. The number of methoxy groups -OCH3 is 1. The number of rotatable bonds is 2. The number of aliphatic hydroxyl groups excluding tert-OH is 1. The van der Waals surface area contributed by atoms with E-state index in [1.54, 1.807) is 0 Å². The fourth-order valence-corrected chi connectivity index (χ4v) is 1.50. The second-order valence-electron chi connectivity index (χ2n) is 2.75. The molecule has 0 radical (unpaired) electrons. The summed E-state index contributed by atoms with van der Waals surface area (Å²) in [4.78, 5) is 11.6. The van der Waals surface area contributed by atoms with Gasteiger partial charge in [-0.2, -0.15) is 5.26 Å². The van der Waals surface area contributed by atoms with Crippen LogP contribution in [-0.4, -0.2) is 18.2 Å². The third-order valence-corrected chi connectivity index (χ3v) is 2.48. The molecule has 4 nitrogen and oxygen atoms in total. The average Bonchev–Trinajstić information content (AvgIpc) is 2.27. The molecular weight excluding hydrogens is 214 g/mol. The van der Waals surface area contributed by atoms with Crippen molar-refractivity contribution in [3.05, 3.63) is 28.8 Å². The molecular formula is C10H9NO3S. The molecule has 0 aliphatic rings. The second-order valence-corrected chi connectivity index (χ2v) is 3.20. The smallest absolute Gasteiger partial charge is 0.338 e. The topological polar surface area (TPSA) is 70.3 Å². The number of esters is 1. The van der Waals surface area contributed by atoms with Crippen molar-refractivity contribution in [3.8, 4) is 6.07 Å². The Morgan fingerprint density at radius 2 is 2.33 bits per heavy atom. The number of hydrogen-bond donors (Lipinski definition) is 2. The van der Waals surface area contributed by atoms with Crippen LogP contribution in [0.25, 0.3) is 0 Å². The van der Waals surface area contributed by atoms with Gasteiger partial charge in [-0.25, -0.2) is 4.79 Å². The molecule has 0 saturated heterocycles. The van der Waals surface area contributed by atoms with Gasteiger partial charge in [0.25, 0.3) is 0 Å². The monoisotopic (exact) mass is 223 g/mol. The molecule has 0 unspecified atom stereocenters. The average molecular weight is 223 g/mol. The highest BCUT2D eigenvalue weighted by molar-refractivity contribution is 7.80. The lowest BCUT2D eigenvalue weighted by Crippen LogP contribution is -2.07. The van der Waals surface area contributed by atoms with E-state index in [0.29, 0.717) is 16.0 Å². The first-order valence-electron chi connectivity index (χ1n) is 4.09. The van der Waals surface area contributed by atoms with E-state index in [1.807, 2.05) is 6.07 Å². The molecule has 78 valence electrons. The van der Waals surface area contributed by atoms with Gasteiger partial charge in [0, 0.05) is 10.5 Å². The van der Waals surface area contributed by atoms with Gasteiger partial charge in [-0.3, -0.25) is 0 Å². The summed E-state index contributed by atoms with van der Waals surface area (Å²) in [6, 6.07) is 4.82. The summed E-state index contributed by atoms with van der Waals surface area (Å²) in [5.41, 5.74) is 0.850. The van der Waals surface area contributed by atoms with Crippen molar-refractivity contribution in [2.24, 2.45) is 0 Å². The van der Waals surface area contributed by atoms with Crippen molar-refractivity contribution in [3.63, 3.8) is 0 Å². The predicted octanol–water partition coefficient (Wildman–Crippen LogP) is 1.13. The van der Waals surface area contributed by atoms with Crippen LogP contribution in [0.15, 0.2) is 17.0 Å². The van der Waals surface area contributed by atoms with Gasteiger partial charge in [0.1, 0.15) is 6.07 Å². The van der Waals surface area contributed by atoms with Gasteiger partial charge in [0.15, 0.2) is 0 Å². The fraction of sp³-hybridized carbons (Fsp3) is 0.200. The summed E-state index contributed by atoms with van der Waals surface area (Å²) in [6.45, 7) is -0.362. The highest BCUT2D eigenvalue weighted by Gasteiger charge is 2.15. The van der Waals surface area contributed by atoms with Gasteiger partial charge in [-0.05, 0) is 12.1 Å². The maximum atomic E-state index is 11.3. The van der Waals surface area contributed by atoms with E-state index in [4.69, 9.17) is 10.4 Å². The van der Waals surface area contributed by atoms with Crippen molar-refractivity contribution in [2.75, 3.05) is 7.11 Å². The van der Waals surface area contributed by atoms with Gasteiger partial charge < -0.3 is 9.84 Å². The molecule has 5 heteroatoms.